The minimum absolute atomic E-state index is 0.0695. The first kappa shape index (κ1) is 16.7. The average molecular weight is 298 g/mol. The Hall–Kier alpha value is -2.38. The van der Waals surface area contributed by atoms with E-state index in [-0.39, 0.29) is 17.7 Å². The summed E-state index contributed by atoms with van der Waals surface area (Å²) >= 11 is 0. The number of nitro groups is 1. The van der Waals surface area contributed by atoms with Crippen molar-refractivity contribution >= 4 is 17.8 Å². The lowest BCUT2D eigenvalue weighted by Gasteiger charge is -2.23. The highest BCUT2D eigenvalue weighted by Crippen LogP contribution is 2.24. The maximum Gasteiger partial charge on any atom is 0.433 e. The molecule has 0 aromatic carbocycles. The first-order valence-electron chi connectivity index (χ1n) is 6.35. The fourth-order valence-electron chi connectivity index (χ4n) is 1.84. The van der Waals surface area contributed by atoms with Crippen LogP contribution >= 0.6 is 0 Å². The number of nitrogens with one attached hydrogen (secondary N) is 1. The predicted molar refractivity (Wildman–Crippen MR) is 72.9 cm³/mol. The number of hydrogen-bond donors (Lipinski definition) is 2. The van der Waals surface area contributed by atoms with Gasteiger partial charge in [0, 0.05) is 6.54 Å². The van der Waals surface area contributed by atoms with Crippen LogP contribution in [0.15, 0.2) is 16.5 Å². The third-order valence-electron chi connectivity index (χ3n) is 2.71. The normalized spacial score (nSPS) is 12.7. The van der Waals surface area contributed by atoms with Gasteiger partial charge >= 0.3 is 11.9 Å². The summed E-state index contributed by atoms with van der Waals surface area (Å²) in [5.41, 5.74) is -0.197. The maximum atomic E-state index is 11.8. The molecule has 0 saturated heterocycles. The van der Waals surface area contributed by atoms with Crippen LogP contribution < -0.4 is 5.32 Å². The standard InChI is InChI=1S/C13H18N2O6/c1-13(2,3)6-8(12(17)18)7-14-11(16)9-4-5-10(21-9)15(19)20/h4-5,8H,6-7H2,1-3H3,(H,14,16)(H,17,18). The lowest BCUT2D eigenvalue weighted by Crippen LogP contribution is -2.34. The topological polar surface area (TPSA) is 123 Å². The molecule has 1 atom stereocenters. The summed E-state index contributed by atoms with van der Waals surface area (Å²) in [5, 5.41) is 22.0. The monoisotopic (exact) mass is 298 g/mol. The molecule has 0 saturated carbocycles. The molecule has 8 heteroatoms. The largest absolute Gasteiger partial charge is 0.481 e. The fraction of sp³-hybridized carbons (Fsp3) is 0.538. The first-order chi connectivity index (χ1) is 9.60. The Kier molecular flexibility index (Phi) is 5.07. The van der Waals surface area contributed by atoms with Crippen molar-refractivity contribution in [2.45, 2.75) is 27.2 Å². The lowest BCUT2D eigenvalue weighted by molar-refractivity contribution is -0.402. The van der Waals surface area contributed by atoms with Gasteiger partial charge in [0.1, 0.15) is 4.92 Å². The summed E-state index contributed by atoms with van der Waals surface area (Å²) in [6.07, 6.45) is 0.390. The molecule has 0 radical (unpaired) electrons. The Bertz CT molecular complexity index is 543. The molecule has 1 aromatic heterocycles. The fourth-order valence-corrected chi connectivity index (χ4v) is 1.84. The number of carbonyl (C=O) groups is 2. The van der Waals surface area contributed by atoms with Gasteiger partial charge in [-0.2, -0.15) is 0 Å². The molecule has 8 nitrogen and oxygen atoms in total. The molecule has 0 aliphatic rings. The van der Waals surface area contributed by atoms with E-state index in [4.69, 9.17) is 9.52 Å². The van der Waals surface area contributed by atoms with Gasteiger partial charge in [0.15, 0.2) is 5.76 Å². The number of amides is 1. The number of carboxylic acids is 1. The highest BCUT2D eigenvalue weighted by atomic mass is 16.6. The average Bonchev–Trinajstić information content (AvgIpc) is 2.82. The third kappa shape index (κ3) is 5.25. The molecular formula is C13H18N2O6. The van der Waals surface area contributed by atoms with Gasteiger partial charge in [-0.25, -0.2) is 0 Å². The summed E-state index contributed by atoms with van der Waals surface area (Å²) in [6.45, 7) is 5.64. The van der Waals surface area contributed by atoms with E-state index in [9.17, 15) is 19.7 Å². The number of carboxylic acid groups (broad SMARTS) is 1. The second-order valence-electron chi connectivity index (χ2n) is 5.90. The maximum absolute atomic E-state index is 11.8. The second kappa shape index (κ2) is 6.38. The number of aliphatic carboxylic acids is 1. The van der Waals surface area contributed by atoms with Crippen LogP contribution in [0.4, 0.5) is 5.88 Å². The van der Waals surface area contributed by atoms with Crippen molar-refractivity contribution in [3.8, 4) is 0 Å². The zero-order valence-corrected chi connectivity index (χ0v) is 12.1. The van der Waals surface area contributed by atoms with E-state index >= 15 is 0 Å². The SMILES string of the molecule is CC(C)(C)CC(CNC(=O)c1ccc([N+](=O)[O-])o1)C(=O)O. The molecule has 1 unspecified atom stereocenters. The molecule has 0 aliphatic heterocycles. The Morgan fingerprint density at radius 3 is 2.48 bits per heavy atom. The van der Waals surface area contributed by atoms with Gasteiger partial charge in [-0.3, -0.25) is 19.7 Å². The predicted octanol–water partition coefficient (Wildman–Crippen LogP) is 2.05. The van der Waals surface area contributed by atoms with Crippen molar-refractivity contribution < 1.29 is 24.0 Å². The number of rotatable bonds is 6. The Morgan fingerprint density at radius 2 is 2.05 bits per heavy atom. The van der Waals surface area contributed by atoms with Crippen LogP contribution in [-0.2, 0) is 4.79 Å². The van der Waals surface area contributed by atoms with Crippen LogP contribution in [0.3, 0.4) is 0 Å². The van der Waals surface area contributed by atoms with Crippen LogP contribution in [0.2, 0.25) is 0 Å². The van der Waals surface area contributed by atoms with Gasteiger partial charge < -0.3 is 14.8 Å². The van der Waals surface area contributed by atoms with Gasteiger partial charge in [0.25, 0.3) is 5.91 Å². The molecule has 1 aromatic rings. The van der Waals surface area contributed by atoms with E-state index in [1.54, 1.807) is 0 Å². The minimum Gasteiger partial charge on any atom is -0.481 e. The van der Waals surface area contributed by atoms with Crippen molar-refractivity contribution in [1.82, 2.24) is 5.32 Å². The molecule has 2 N–H and O–H groups in total. The molecule has 116 valence electrons. The molecule has 1 heterocycles. The molecule has 1 amide bonds. The number of furan rings is 1. The summed E-state index contributed by atoms with van der Waals surface area (Å²) in [4.78, 5) is 32.6. The van der Waals surface area contributed by atoms with Gasteiger partial charge in [0.2, 0.25) is 0 Å². The zero-order valence-electron chi connectivity index (χ0n) is 12.1. The lowest BCUT2D eigenvalue weighted by atomic mass is 9.84. The van der Waals surface area contributed by atoms with Gasteiger partial charge in [0.05, 0.1) is 12.0 Å². The summed E-state index contributed by atoms with van der Waals surface area (Å²) in [7, 11) is 0. The molecule has 0 spiro atoms. The van der Waals surface area contributed by atoms with Crippen LogP contribution in [-0.4, -0.2) is 28.5 Å². The molecular weight excluding hydrogens is 280 g/mol. The van der Waals surface area contributed by atoms with Gasteiger partial charge in [-0.1, -0.05) is 20.8 Å². The number of carbonyl (C=O) groups excluding carboxylic acids is 1. The highest BCUT2D eigenvalue weighted by Gasteiger charge is 2.26. The van der Waals surface area contributed by atoms with Crippen molar-refractivity contribution in [3.05, 3.63) is 28.0 Å². The van der Waals surface area contributed by atoms with Crippen LogP contribution in [0.5, 0.6) is 0 Å². The molecule has 1 rings (SSSR count). The first-order valence-corrected chi connectivity index (χ1v) is 6.35. The van der Waals surface area contributed by atoms with Crippen molar-refractivity contribution in [2.24, 2.45) is 11.3 Å². The Labute approximate surface area is 121 Å². The van der Waals surface area contributed by atoms with Crippen molar-refractivity contribution in [3.63, 3.8) is 0 Å². The Balaban J connectivity index is 2.64. The molecule has 0 bridgehead atoms. The van der Waals surface area contributed by atoms with Crippen molar-refractivity contribution in [2.75, 3.05) is 6.54 Å². The molecule has 0 aliphatic carbocycles. The van der Waals surface area contributed by atoms with E-state index in [0.717, 1.165) is 6.07 Å². The second-order valence-corrected chi connectivity index (χ2v) is 5.90. The third-order valence-corrected chi connectivity index (χ3v) is 2.71. The number of nitrogens with zero attached hydrogens (tertiary/aromatic N) is 1. The Morgan fingerprint density at radius 1 is 1.43 bits per heavy atom. The summed E-state index contributed by atoms with van der Waals surface area (Å²) < 4.78 is 4.74. The van der Waals surface area contributed by atoms with E-state index in [1.807, 2.05) is 20.8 Å². The quantitative estimate of drug-likeness (QED) is 0.612. The molecule has 21 heavy (non-hydrogen) atoms. The highest BCUT2D eigenvalue weighted by molar-refractivity contribution is 5.91. The van der Waals surface area contributed by atoms with E-state index < -0.39 is 28.6 Å². The van der Waals surface area contributed by atoms with Gasteiger partial charge in [-0.05, 0) is 17.9 Å². The van der Waals surface area contributed by atoms with Gasteiger partial charge in [-0.15, -0.1) is 0 Å². The smallest absolute Gasteiger partial charge is 0.433 e. The minimum atomic E-state index is -1.00. The van der Waals surface area contributed by atoms with E-state index in [2.05, 4.69) is 5.32 Å². The van der Waals surface area contributed by atoms with E-state index in [0.29, 0.717) is 6.42 Å². The summed E-state index contributed by atoms with van der Waals surface area (Å²) in [6, 6.07) is 2.24. The van der Waals surface area contributed by atoms with E-state index in [1.165, 1.54) is 6.07 Å². The van der Waals surface area contributed by atoms with Crippen LogP contribution in [0.25, 0.3) is 0 Å². The molecule has 0 fully saturated rings. The van der Waals surface area contributed by atoms with Crippen molar-refractivity contribution in [1.29, 1.82) is 0 Å². The number of hydrogen-bond acceptors (Lipinski definition) is 5. The summed E-state index contributed by atoms with van der Waals surface area (Å²) in [5.74, 6) is -3.18. The zero-order chi connectivity index (χ0) is 16.2. The van der Waals surface area contributed by atoms with Crippen LogP contribution in [0.1, 0.15) is 37.7 Å². The van der Waals surface area contributed by atoms with Crippen LogP contribution in [0, 0.1) is 21.4 Å².